The van der Waals surface area contributed by atoms with Crippen molar-refractivity contribution in [3.05, 3.63) is 31.5 Å². The molecule has 3 aliphatic rings. The van der Waals surface area contributed by atoms with Crippen molar-refractivity contribution in [3.63, 3.8) is 0 Å². The fraction of sp³-hybridized carbons (Fsp3) is 0. The molecule has 0 atom stereocenters. The van der Waals surface area contributed by atoms with Crippen LogP contribution in [0.5, 0.6) is 18.0 Å². The van der Waals surface area contributed by atoms with Crippen LogP contribution >= 0.6 is 0 Å². The van der Waals surface area contributed by atoms with Crippen molar-refractivity contribution in [3.8, 4) is 18.0 Å². The highest BCUT2D eigenvalue weighted by Crippen LogP contribution is 2.16. The van der Waals surface area contributed by atoms with Gasteiger partial charge in [0.2, 0.25) is 0 Å². The highest BCUT2D eigenvalue weighted by molar-refractivity contribution is 5.10. The molecular formula is C6N6O6. The van der Waals surface area contributed by atoms with Crippen LogP contribution in [-0.4, -0.2) is 29.1 Å². The van der Waals surface area contributed by atoms with E-state index in [1.807, 2.05) is 0 Å². The van der Waals surface area contributed by atoms with Crippen LogP contribution in [-0.2, 0) is 0 Å². The summed E-state index contributed by atoms with van der Waals surface area (Å²) < 4.78 is 0.674. The lowest BCUT2D eigenvalue weighted by Crippen LogP contribution is -2.59. The molecule has 2 aromatic rings. The third kappa shape index (κ3) is 0.892. The van der Waals surface area contributed by atoms with Crippen LogP contribution in [0, 0.1) is 0 Å². The highest BCUT2D eigenvalue weighted by Gasteiger charge is 2.29. The first-order valence-corrected chi connectivity index (χ1v) is 4.46. The Morgan fingerprint density at radius 3 is 1.17 bits per heavy atom. The van der Waals surface area contributed by atoms with Gasteiger partial charge in [0.15, 0.2) is 0 Å². The summed E-state index contributed by atoms with van der Waals surface area (Å²) in [5, 5.41) is 0. The first-order valence-electron chi connectivity index (χ1n) is 4.46. The molecule has 0 aromatic carbocycles. The van der Waals surface area contributed by atoms with E-state index in [0.717, 1.165) is 0 Å². The van der Waals surface area contributed by atoms with Crippen molar-refractivity contribution >= 4 is 0 Å². The lowest BCUT2D eigenvalue weighted by atomic mass is 10.9. The molecule has 5 heterocycles. The monoisotopic (exact) mass is 252 g/mol. The third-order valence-electron chi connectivity index (χ3n) is 2.14. The summed E-state index contributed by atoms with van der Waals surface area (Å²) in [4.78, 5) is 60.4. The quantitative estimate of drug-likeness (QED) is 0.312. The van der Waals surface area contributed by atoms with Gasteiger partial charge in [-0.2, -0.15) is 0 Å². The molecule has 0 saturated carbocycles. The van der Waals surface area contributed by atoms with Gasteiger partial charge in [0.05, 0.1) is 0 Å². The lowest BCUT2D eigenvalue weighted by molar-refractivity contribution is 0.0201. The van der Waals surface area contributed by atoms with E-state index in [1.54, 1.807) is 0 Å². The molecule has 0 N–H and O–H groups in total. The zero-order chi connectivity index (χ0) is 12.4. The number of hydrogen-bond acceptors (Lipinski definition) is 9. The molecule has 90 valence electrons. The molecule has 18 heavy (non-hydrogen) atoms. The normalized spacial score (nSPS) is 13.3. The van der Waals surface area contributed by atoms with Crippen molar-refractivity contribution in [2.75, 3.05) is 0 Å². The minimum absolute atomic E-state index is 0.225. The molecule has 3 aliphatic heterocycles. The zero-order valence-corrected chi connectivity index (χ0v) is 8.13. The van der Waals surface area contributed by atoms with Crippen LogP contribution in [0.4, 0.5) is 0 Å². The molecule has 0 radical (unpaired) electrons. The third-order valence-corrected chi connectivity index (χ3v) is 2.14. The average Bonchev–Trinajstić information content (AvgIpc) is 2.33. The van der Waals surface area contributed by atoms with Crippen LogP contribution in [0.1, 0.15) is 0 Å². The van der Waals surface area contributed by atoms with Gasteiger partial charge in [-0.1, -0.05) is 14.2 Å². The van der Waals surface area contributed by atoms with Gasteiger partial charge >= 0.3 is 35.1 Å². The van der Waals surface area contributed by atoms with Crippen LogP contribution in [0.25, 0.3) is 0 Å². The fourth-order valence-corrected chi connectivity index (χ4v) is 1.42. The Bertz CT molecular complexity index is 719. The molecular weight excluding hydrogens is 252 g/mol. The van der Waals surface area contributed by atoms with Gasteiger partial charge in [0.1, 0.15) is 0 Å². The van der Waals surface area contributed by atoms with E-state index < -0.39 is 17.1 Å². The minimum Gasteiger partial charge on any atom is -0.323 e. The molecule has 0 fully saturated rings. The molecule has 0 saturated heterocycles. The van der Waals surface area contributed by atoms with Gasteiger partial charge in [-0.05, 0) is 0 Å². The van der Waals surface area contributed by atoms with Crippen molar-refractivity contribution in [1.82, 2.24) is 29.1 Å². The van der Waals surface area contributed by atoms with Crippen molar-refractivity contribution in [2.24, 2.45) is 0 Å². The molecule has 0 unspecified atom stereocenters. The Balaban J connectivity index is 2.30. The van der Waals surface area contributed by atoms with E-state index in [4.69, 9.17) is 14.5 Å². The van der Waals surface area contributed by atoms with Gasteiger partial charge in [0.25, 0.3) is 0 Å². The Hall–Kier alpha value is -3.18. The zero-order valence-electron chi connectivity index (χ0n) is 8.13. The van der Waals surface area contributed by atoms with Gasteiger partial charge in [-0.3, -0.25) is 0 Å². The highest BCUT2D eigenvalue weighted by atomic mass is 16.8. The maximum atomic E-state index is 11.7. The first-order chi connectivity index (χ1) is 8.63. The summed E-state index contributed by atoms with van der Waals surface area (Å²) in [6.45, 7) is 0. The predicted molar refractivity (Wildman–Crippen MR) is 47.1 cm³/mol. The van der Waals surface area contributed by atoms with Gasteiger partial charge in [0, 0.05) is 0 Å². The molecule has 5 rings (SSSR count). The van der Waals surface area contributed by atoms with E-state index in [9.17, 15) is 14.4 Å². The van der Waals surface area contributed by atoms with Crippen LogP contribution in [0.15, 0.2) is 14.4 Å². The molecule has 0 amide bonds. The van der Waals surface area contributed by atoms with Crippen molar-refractivity contribution < 1.29 is 14.5 Å². The number of nitrogens with zero attached hydrogens (tertiary/aromatic N) is 6. The summed E-state index contributed by atoms with van der Waals surface area (Å²) in [6, 6.07) is -1.11. The summed E-state index contributed by atoms with van der Waals surface area (Å²) in [5.41, 5.74) is -3.48. The molecule has 0 spiro atoms. The van der Waals surface area contributed by atoms with Gasteiger partial charge < -0.3 is 14.5 Å². The Morgan fingerprint density at radius 1 is 0.611 bits per heavy atom. The standard InChI is InChI=1S/C6N6O6/c13-4-10-5(14)12-6(15)11(4)17-2-7-1(16-10)8-3(9-2)18-12. The van der Waals surface area contributed by atoms with Gasteiger partial charge in [-0.15, -0.1) is 15.0 Å². The average molecular weight is 252 g/mol. The van der Waals surface area contributed by atoms with Crippen LogP contribution in [0.3, 0.4) is 0 Å². The van der Waals surface area contributed by atoms with Crippen molar-refractivity contribution in [2.45, 2.75) is 0 Å². The topological polar surface area (TPSA) is 132 Å². The second-order valence-corrected chi connectivity index (χ2v) is 3.19. The first kappa shape index (κ1) is 8.91. The second-order valence-electron chi connectivity index (χ2n) is 3.19. The van der Waals surface area contributed by atoms with Gasteiger partial charge in [-0.25, -0.2) is 14.4 Å². The number of rotatable bonds is 0. The molecule has 12 heteroatoms. The van der Waals surface area contributed by atoms with Crippen molar-refractivity contribution in [1.29, 1.82) is 0 Å². The predicted octanol–water partition coefficient (Wildman–Crippen LogP) is -3.49. The SMILES string of the molecule is O=c1n2c(=O)n3c(=O)n1Oc1nc(nc(n1)O3)O2. The maximum Gasteiger partial charge on any atom is 0.405 e. The van der Waals surface area contributed by atoms with E-state index in [0.29, 0.717) is 0 Å². The number of aromatic nitrogens is 6. The Kier molecular flexibility index (Phi) is 1.26. The van der Waals surface area contributed by atoms with Crippen LogP contribution < -0.4 is 31.6 Å². The number of hydrogen-bond donors (Lipinski definition) is 0. The summed E-state index contributed by atoms with van der Waals surface area (Å²) in [6.07, 6.45) is 0. The smallest absolute Gasteiger partial charge is 0.323 e. The molecule has 0 aliphatic carbocycles. The van der Waals surface area contributed by atoms with E-state index in [1.165, 1.54) is 0 Å². The largest absolute Gasteiger partial charge is 0.405 e. The summed E-state index contributed by atoms with van der Waals surface area (Å²) in [5.74, 6) is 0. The molecule has 2 aromatic heterocycles. The Labute approximate surface area is 94.1 Å². The maximum absolute atomic E-state index is 11.7. The second kappa shape index (κ2) is 2.55. The fourth-order valence-electron chi connectivity index (χ4n) is 1.42. The molecule has 6 bridgehead atoms. The molecule has 12 nitrogen and oxygen atoms in total. The van der Waals surface area contributed by atoms with E-state index in [-0.39, 0.29) is 32.2 Å². The summed E-state index contributed by atoms with van der Waals surface area (Å²) >= 11 is 0. The summed E-state index contributed by atoms with van der Waals surface area (Å²) in [7, 11) is 0. The van der Waals surface area contributed by atoms with E-state index >= 15 is 0 Å². The minimum atomic E-state index is -1.16. The van der Waals surface area contributed by atoms with E-state index in [2.05, 4.69) is 15.0 Å². The lowest BCUT2D eigenvalue weighted by Gasteiger charge is -2.17. The Morgan fingerprint density at radius 2 is 0.889 bits per heavy atom. The van der Waals surface area contributed by atoms with Crippen LogP contribution in [0.2, 0.25) is 0 Å².